The number of nitrogens with zero attached hydrogens (tertiary/aromatic N) is 1. The number of carbonyl (C=O) groups excluding carboxylic acids is 1. The molecule has 2 aliphatic rings. The first kappa shape index (κ1) is 22.2. The van der Waals surface area contributed by atoms with Gasteiger partial charge in [-0.05, 0) is 30.5 Å². The fourth-order valence-electron chi connectivity index (χ4n) is 3.27. The molecule has 2 aliphatic heterocycles. The maximum absolute atomic E-state index is 12.3. The van der Waals surface area contributed by atoms with Gasteiger partial charge in [0, 0.05) is 26.2 Å². The van der Waals surface area contributed by atoms with Crippen molar-refractivity contribution in [3.05, 3.63) is 35.4 Å². The van der Waals surface area contributed by atoms with Gasteiger partial charge < -0.3 is 15.4 Å². The molecule has 2 saturated heterocycles. The van der Waals surface area contributed by atoms with Crippen molar-refractivity contribution in [2.24, 2.45) is 0 Å². The molecule has 142 valence electrons. The lowest BCUT2D eigenvalue weighted by atomic mass is 10.0. The minimum Gasteiger partial charge on any atom is -0.379 e. The smallest absolute Gasteiger partial charge is 0.237 e. The average Bonchev–Trinajstić information content (AvgIpc) is 2.62. The predicted octanol–water partition coefficient (Wildman–Crippen LogP) is 2.12. The number of rotatable bonds is 5. The zero-order valence-electron chi connectivity index (χ0n) is 14.5. The molecule has 0 saturated carbocycles. The third-order valence-corrected chi connectivity index (χ3v) is 4.70. The molecule has 2 heterocycles. The minimum atomic E-state index is -0.0184. The van der Waals surface area contributed by atoms with Crippen molar-refractivity contribution in [3.63, 3.8) is 0 Å². The number of ether oxygens (including phenoxy) is 1. The van der Waals surface area contributed by atoms with Crippen LogP contribution in [0.25, 0.3) is 0 Å². The highest BCUT2D eigenvalue weighted by Gasteiger charge is 2.20. The molecule has 0 aliphatic carbocycles. The monoisotopic (exact) mass is 389 g/mol. The van der Waals surface area contributed by atoms with Crippen LogP contribution in [0.3, 0.4) is 0 Å². The third-order valence-electron chi connectivity index (χ3n) is 4.70. The highest BCUT2D eigenvalue weighted by molar-refractivity contribution is 5.85. The van der Waals surface area contributed by atoms with Crippen LogP contribution in [-0.2, 0) is 22.6 Å². The summed E-state index contributed by atoms with van der Waals surface area (Å²) in [6.07, 6.45) is 3.26. The van der Waals surface area contributed by atoms with Crippen LogP contribution in [0.15, 0.2) is 24.3 Å². The molecule has 25 heavy (non-hydrogen) atoms. The molecule has 2 fully saturated rings. The molecule has 0 spiro atoms. The van der Waals surface area contributed by atoms with Crippen molar-refractivity contribution < 1.29 is 9.53 Å². The molecule has 5 nitrogen and oxygen atoms in total. The van der Waals surface area contributed by atoms with E-state index in [2.05, 4.69) is 33.7 Å². The van der Waals surface area contributed by atoms with Crippen LogP contribution in [0.5, 0.6) is 0 Å². The second-order valence-corrected chi connectivity index (χ2v) is 6.38. The van der Waals surface area contributed by atoms with Gasteiger partial charge in [0.15, 0.2) is 0 Å². The number of hydrogen-bond donors (Lipinski definition) is 2. The first-order valence-corrected chi connectivity index (χ1v) is 8.71. The Kier molecular flexibility index (Phi) is 10.4. The van der Waals surface area contributed by atoms with Gasteiger partial charge in [-0.25, -0.2) is 0 Å². The van der Waals surface area contributed by atoms with Crippen molar-refractivity contribution in [1.29, 1.82) is 0 Å². The normalized spacial score (nSPS) is 20.9. The minimum absolute atomic E-state index is 0. The quantitative estimate of drug-likeness (QED) is 0.809. The topological polar surface area (TPSA) is 53.6 Å². The van der Waals surface area contributed by atoms with Gasteiger partial charge in [-0.2, -0.15) is 0 Å². The Hall–Kier alpha value is -0.850. The summed E-state index contributed by atoms with van der Waals surface area (Å²) < 4.78 is 5.41. The Morgan fingerprint density at radius 2 is 1.88 bits per heavy atom. The van der Waals surface area contributed by atoms with Crippen LogP contribution >= 0.6 is 24.8 Å². The summed E-state index contributed by atoms with van der Waals surface area (Å²) >= 11 is 0. The Bertz CT molecular complexity index is 519. The Morgan fingerprint density at radius 1 is 1.16 bits per heavy atom. The van der Waals surface area contributed by atoms with Gasteiger partial charge in [-0.3, -0.25) is 9.69 Å². The van der Waals surface area contributed by atoms with Crippen LogP contribution in [0, 0.1) is 0 Å². The fourth-order valence-corrected chi connectivity index (χ4v) is 3.27. The molecule has 1 aromatic rings. The third kappa shape index (κ3) is 6.76. The van der Waals surface area contributed by atoms with Gasteiger partial charge >= 0.3 is 0 Å². The lowest BCUT2D eigenvalue weighted by Crippen LogP contribution is -2.46. The Labute approximate surface area is 162 Å². The van der Waals surface area contributed by atoms with E-state index in [0.717, 1.165) is 52.2 Å². The first-order chi connectivity index (χ1) is 11.3. The molecule has 1 atom stereocenters. The number of piperidine rings is 1. The lowest BCUT2D eigenvalue weighted by Gasteiger charge is -2.27. The number of carbonyl (C=O) groups is 1. The van der Waals surface area contributed by atoms with Crippen molar-refractivity contribution in [1.82, 2.24) is 15.5 Å². The largest absolute Gasteiger partial charge is 0.379 e. The molecule has 1 aromatic carbocycles. The molecule has 7 heteroatoms. The summed E-state index contributed by atoms with van der Waals surface area (Å²) in [6.45, 7) is 6.07. The van der Waals surface area contributed by atoms with Crippen molar-refractivity contribution in [2.45, 2.75) is 38.4 Å². The van der Waals surface area contributed by atoms with E-state index in [1.165, 1.54) is 17.5 Å². The zero-order valence-corrected chi connectivity index (χ0v) is 16.2. The molecule has 1 amide bonds. The molecule has 0 bridgehead atoms. The molecule has 0 aromatic heterocycles. The summed E-state index contributed by atoms with van der Waals surface area (Å²) in [7, 11) is 0. The number of morpholine rings is 1. The van der Waals surface area contributed by atoms with E-state index in [4.69, 9.17) is 4.74 Å². The Morgan fingerprint density at radius 3 is 2.56 bits per heavy atom. The maximum Gasteiger partial charge on any atom is 0.237 e. The van der Waals surface area contributed by atoms with E-state index < -0.39 is 0 Å². The van der Waals surface area contributed by atoms with E-state index in [-0.39, 0.29) is 36.8 Å². The van der Waals surface area contributed by atoms with Gasteiger partial charge in [0.2, 0.25) is 5.91 Å². The van der Waals surface area contributed by atoms with Crippen molar-refractivity contribution in [3.8, 4) is 0 Å². The maximum atomic E-state index is 12.3. The number of benzene rings is 1. The molecular formula is C18H29Cl2N3O2. The average molecular weight is 390 g/mol. The Balaban J connectivity index is 0.00000156. The lowest BCUT2D eigenvalue weighted by molar-refractivity contribution is -0.123. The summed E-state index contributed by atoms with van der Waals surface area (Å²) in [6, 6.07) is 8.38. The summed E-state index contributed by atoms with van der Waals surface area (Å²) in [5.41, 5.74) is 2.51. The summed E-state index contributed by atoms with van der Waals surface area (Å²) in [5, 5.41) is 6.40. The number of hydrogen-bond acceptors (Lipinski definition) is 4. The molecule has 0 radical (unpaired) electrons. The van der Waals surface area contributed by atoms with Crippen LogP contribution in [-0.4, -0.2) is 49.7 Å². The van der Waals surface area contributed by atoms with Crippen LogP contribution in [0.1, 0.15) is 30.4 Å². The van der Waals surface area contributed by atoms with Gasteiger partial charge in [-0.1, -0.05) is 30.7 Å². The van der Waals surface area contributed by atoms with Gasteiger partial charge in [0.25, 0.3) is 0 Å². The fraction of sp³-hybridized carbons (Fsp3) is 0.611. The van der Waals surface area contributed by atoms with Crippen molar-refractivity contribution >= 4 is 30.7 Å². The highest BCUT2D eigenvalue weighted by atomic mass is 35.5. The van der Waals surface area contributed by atoms with Crippen LogP contribution in [0.4, 0.5) is 0 Å². The molecule has 3 rings (SSSR count). The number of nitrogens with one attached hydrogen (secondary N) is 2. The number of halogens is 2. The van der Waals surface area contributed by atoms with E-state index in [1.54, 1.807) is 0 Å². The molecule has 2 N–H and O–H groups in total. The SMILES string of the molecule is Cl.Cl.O=C(NCc1ccccc1CN1CCOCC1)[C@H]1CCCCN1. The second kappa shape index (κ2) is 11.7. The van der Waals surface area contributed by atoms with E-state index >= 15 is 0 Å². The van der Waals surface area contributed by atoms with Gasteiger partial charge in [-0.15, -0.1) is 24.8 Å². The second-order valence-electron chi connectivity index (χ2n) is 6.38. The predicted molar refractivity (Wildman–Crippen MR) is 105 cm³/mol. The van der Waals surface area contributed by atoms with Gasteiger partial charge in [0.05, 0.1) is 19.3 Å². The van der Waals surface area contributed by atoms with Gasteiger partial charge in [0.1, 0.15) is 0 Å². The van der Waals surface area contributed by atoms with Crippen LogP contribution < -0.4 is 10.6 Å². The first-order valence-electron chi connectivity index (χ1n) is 8.71. The van der Waals surface area contributed by atoms with E-state index in [9.17, 15) is 4.79 Å². The molecule has 0 unspecified atom stereocenters. The van der Waals surface area contributed by atoms with Crippen molar-refractivity contribution in [2.75, 3.05) is 32.8 Å². The highest BCUT2D eigenvalue weighted by Crippen LogP contribution is 2.13. The van der Waals surface area contributed by atoms with Crippen LogP contribution in [0.2, 0.25) is 0 Å². The molecular weight excluding hydrogens is 361 g/mol. The summed E-state index contributed by atoms with van der Waals surface area (Å²) in [5.74, 6) is 0.130. The zero-order chi connectivity index (χ0) is 15.9. The summed E-state index contributed by atoms with van der Waals surface area (Å²) in [4.78, 5) is 14.7. The standard InChI is InChI=1S/C18H27N3O2.2ClH/c22-18(17-7-3-4-8-19-17)20-13-15-5-1-2-6-16(15)14-21-9-11-23-12-10-21;;/h1-2,5-6,17,19H,3-4,7-14H2,(H,20,22);2*1H/t17-;;/m1../s1. The van der Waals surface area contributed by atoms with E-state index in [1.807, 2.05) is 6.07 Å². The number of amides is 1. The van der Waals surface area contributed by atoms with E-state index in [0.29, 0.717) is 6.54 Å².